The average Bonchev–Trinajstić information content (AvgIpc) is 2.63. The van der Waals surface area contributed by atoms with Crippen molar-refractivity contribution in [1.82, 2.24) is 0 Å². The van der Waals surface area contributed by atoms with Crippen molar-refractivity contribution in [3.63, 3.8) is 0 Å². The Balaban J connectivity index is 2.10. The largest absolute Gasteiger partial charge is 0.346 e. The predicted molar refractivity (Wildman–Crippen MR) is 42.7 cm³/mol. The van der Waals surface area contributed by atoms with Gasteiger partial charge in [-0.2, -0.15) is 0 Å². The zero-order chi connectivity index (χ0) is 8.66. The first-order valence-corrected chi connectivity index (χ1v) is 4.49. The van der Waals surface area contributed by atoms with Crippen LogP contribution in [0.3, 0.4) is 0 Å². The smallest absolute Gasteiger partial charge is 0.169 e. The Bertz CT molecular complexity index is 196. The van der Waals surface area contributed by atoms with Gasteiger partial charge >= 0.3 is 0 Å². The summed E-state index contributed by atoms with van der Waals surface area (Å²) in [4.78, 5) is 10.7. The number of ether oxygens (including phenoxy) is 2. The molecule has 1 aliphatic heterocycles. The van der Waals surface area contributed by atoms with Gasteiger partial charge in [0.15, 0.2) is 12.1 Å². The van der Waals surface area contributed by atoms with Crippen LogP contribution >= 0.6 is 0 Å². The van der Waals surface area contributed by atoms with Gasteiger partial charge in [0.25, 0.3) is 0 Å². The molecule has 2 aliphatic rings. The molecule has 0 radical (unpaired) electrons. The summed E-state index contributed by atoms with van der Waals surface area (Å²) in [6, 6.07) is 0. The van der Waals surface area contributed by atoms with E-state index in [2.05, 4.69) is 0 Å². The normalized spacial score (nSPS) is 39.1. The fraction of sp³-hybridized carbons (Fsp3) is 0.889. The second-order valence-corrected chi connectivity index (χ2v) is 3.94. The number of hydrogen-bond donors (Lipinski definition) is 0. The number of hydrogen-bond acceptors (Lipinski definition) is 3. The van der Waals surface area contributed by atoms with Crippen LogP contribution in [0.1, 0.15) is 32.6 Å². The van der Waals surface area contributed by atoms with E-state index in [9.17, 15) is 4.79 Å². The van der Waals surface area contributed by atoms with E-state index in [4.69, 9.17) is 9.47 Å². The van der Waals surface area contributed by atoms with E-state index in [-0.39, 0.29) is 0 Å². The van der Waals surface area contributed by atoms with Crippen molar-refractivity contribution in [1.29, 1.82) is 0 Å². The van der Waals surface area contributed by atoms with Crippen molar-refractivity contribution in [2.24, 2.45) is 0 Å². The van der Waals surface area contributed by atoms with Crippen LogP contribution < -0.4 is 0 Å². The van der Waals surface area contributed by atoms with Gasteiger partial charge in [0.2, 0.25) is 0 Å². The molecule has 2 fully saturated rings. The van der Waals surface area contributed by atoms with Gasteiger partial charge in [-0.3, -0.25) is 0 Å². The molecule has 0 aromatic rings. The molecule has 0 aromatic carbocycles. The van der Waals surface area contributed by atoms with Gasteiger partial charge in [-0.25, -0.2) is 0 Å². The minimum absolute atomic E-state index is 0.407. The highest BCUT2D eigenvalue weighted by Crippen LogP contribution is 2.42. The molecule has 1 aliphatic carbocycles. The van der Waals surface area contributed by atoms with Crippen molar-refractivity contribution >= 4 is 6.29 Å². The standard InChI is InChI=1S/C9H14O3/c1-8(6-10)7-11-9(12-8)4-2-3-5-9/h6H,2-5,7H2,1H3. The quantitative estimate of drug-likeness (QED) is 0.556. The molecule has 1 unspecified atom stereocenters. The van der Waals surface area contributed by atoms with Crippen molar-refractivity contribution < 1.29 is 14.3 Å². The van der Waals surface area contributed by atoms with Crippen LogP contribution in [0.5, 0.6) is 0 Å². The van der Waals surface area contributed by atoms with E-state index in [1.807, 2.05) is 0 Å². The number of carbonyl (C=O) groups excluding carboxylic acids is 1. The molecule has 3 heteroatoms. The number of aldehydes is 1. The minimum Gasteiger partial charge on any atom is -0.346 e. The summed E-state index contributed by atoms with van der Waals surface area (Å²) < 4.78 is 11.2. The maximum atomic E-state index is 10.7. The molecule has 0 aromatic heterocycles. The third-order valence-corrected chi connectivity index (χ3v) is 2.66. The monoisotopic (exact) mass is 170 g/mol. The Morgan fingerprint density at radius 3 is 2.50 bits per heavy atom. The van der Waals surface area contributed by atoms with Gasteiger partial charge in [0.05, 0.1) is 6.61 Å². The summed E-state index contributed by atoms with van der Waals surface area (Å²) in [5, 5.41) is 0. The zero-order valence-corrected chi connectivity index (χ0v) is 7.34. The Kier molecular flexibility index (Phi) is 1.73. The number of carbonyl (C=O) groups is 1. The Morgan fingerprint density at radius 1 is 1.33 bits per heavy atom. The molecule has 1 saturated carbocycles. The highest BCUT2D eigenvalue weighted by atomic mass is 16.8. The van der Waals surface area contributed by atoms with Gasteiger partial charge < -0.3 is 14.3 Å². The first kappa shape index (κ1) is 8.20. The molecule has 0 bridgehead atoms. The Morgan fingerprint density at radius 2 is 2.00 bits per heavy atom. The van der Waals surface area contributed by atoms with Gasteiger partial charge in [0.1, 0.15) is 5.60 Å². The second kappa shape index (κ2) is 2.54. The molecule has 2 rings (SSSR count). The lowest BCUT2D eigenvalue weighted by atomic mass is 10.1. The Labute approximate surface area is 72.0 Å². The van der Waals surface area contributed by atoms with Crippen molar-refractivity contribution in [2.45, 2.75) is 44.0 Å². The van der Waals surface area contributed by atoms with Gasteiger partial charge in [0, 0.05) is 12.8 Å². The maximum absolute atomic E-state index is 10.7. The van der Waals surface area contributed by atoms with Crippen molar-refractivity contribution in [2.75, 3.05) is 6.61 Å². The fourth-order valence-electron chi connectivity index (χ4n) is 1.98. The van der Waals surface area contributed by atoms with Crippen molar-refractivity contribution in [3.05, 3.63) is 0 Å². The van der Waals surface area contributed by atoms with Crippen LogP contribution in [0.15, 0.2) is 0 Å². The van der Waals surface area contributed by atoms with E-state index < -0.39 is 11.4 Å². The van der Waals surface area contributed by atoms with Gasteiger partial charge in [-0.1, -0.05) is 0 Å². The summed E-state index contributed by atoms with van der Waals surface area (Å²) >= 11 is 0. The van der Waals surface area contributed by atoms with Crippen LogP contribution in [0.25, 0.3) is 0 Å². The summed E-state index contributed by atoms with van der Waals surface area (Å²) in [6.07, 6.45) is 5.02. The van der Waals surface area contributed by atoms with Crippen molar-refractivity contribution in [3.8, 4) is 0 Å². The van der Waals surface area contributed by atoms with E-state index in [1.54, 1.807) is 6.92 Å². The fourth-order valence-corrected chi connectivity index (χ4v) is 1.98. The first-order valence-electron chi connectivity index (χ1n) is 4.49. The Hall–Kier alpha value is -0.410. The van der Waals surface area contributed by atoms with E-state index >= 15 is 0 Å². The SMILES string of the molecule is CC1(C=O)COC2(CCCC2)O1. The van der Waals surface area contributed by atoms with Crippen LogP contribution in [0, 0.1) is 0 Å². The molecule has 12 heavy (non-hydrogen) atoms. The van der Waals surface area contributed by atoms with Crippen LogP contribution in [0.2, 0.25) is 0 Å². The first-order chi connectivity index (χ1) is 5.68. The van der Waals surface area contributed by atoms with E-state index in [0.717, 1.165) is 32.0 Å². The molecule has 0 N–H and O–H groups in total. The van der Waals surface area contributed by atoms with E-state index in [0.29, 0.717) is 6.61 Å². The molecule has 3 nitrogen and oxygen atoms in total. The molecule has 68 valence electrons. The van der Waals surface area contributed by atoms with Crippen LogP contribution in [-0.4, -0.2) is 24.3 Å². The van der Waals surface area contributed by atoms with Gasteiger partial charge in [-0.15, -0.1) is 0 Å². The molecular weight excluding hydrogens is 156 g/mol. The molecular formula is C9H14O3. The second-order valence-electron chi connectivity index (χ2n) is 3.94. The topological polar surface area (TPSA) is 35.5 Å². The summed E-state index contributed by atoms with van der Waals surface area (Å²) in [7, 11) is 0. The predicted octanol–water partition coefficient (Wildman–Crippen LogP) is 1.26. The highest BCUT2D eigenvalue weighted by Gasteiger charge is 2.49. The lowest BCUT2D eigenvalue weighted by molar-refractivity contribution is -0.178. The molecule has 1 atom stereocenters. The molecule has 1 saturated heterocycles. The van der Waals surface area contributed by atoms with Crippen LogP contribution in [0.4, 0.5) is 0 Å². The van der Waals surface area contributed by atoms with Crippen LogP contribution in [-0.2, 0) is 14.3 Å². The zero-order valence-electron chi connectivity index (χ0n) is 7.34. The summed E-state index contributed by atoms with van der Waals surface area (Å²) in [5.74, 6) is -0.407. The molecule has 1 spiro atoms. The third-order valence-electron chi connectivity index (χ3n) is 2.66. The average molecular weight is 170 g/mol. The highest BCUT2D eigenvalue weighted by molar-refractivity contribution is 5.62. The molecule has 0 amide bonds. The van der Waals surface area contributed by atoms with E-state index in [1.165, 1.54) is 0 Å². The minimum atomic E-state index is -0.690. The lowest BCUT2D eigenvalue weighted by Crippen LogP contribution is -2.33. The third kappa shape index (κ3) is 1.17. The number of rotatable bonds is 1. The van der Waals surface area contributed by atoms with Gasteiger partial charge in [-0.05, 0) is 19.8 Å². The molecule has 1 heterocycles. The maximum Gasteiger partial charge on any atom is 0.169 e. The summed E-state index contributed by atoms with van der Waals surface area (Å²) in [5.41, 5.74) is -0.690. The summed E-state index contributed by atoms with van der Waals surface area (Å²) in [6.45, 7) is 2.20. The lowest BCUT2D eigenvalue weighted by Gasteiger charge is -2.23.